The van der Waals surface area contributed by atoms with Crippen LogP contribution in [0.3, 0.4) is 0 Å². The van der Waals surface area contributed by atoms with E-state index in [1.54, 1.807) is 29.2 Å². The van der Waals surface area contributed by atoms with Gasteiger partial charge in [-0.25, -0.2) is 0 Å². The summed E-state index contributed by atoms with van der Waals surface area (Å²) in [5, 5.41) is 18.4. The van der Waals surface area contributed by atoms with Gasteiger partial charge < -0.3 is 14.9 Å². The summed E-state index contributed by atoms with van der Waals surface area (Å²) in [5.41, 5.74) is 0.534. The van der Waals surface area contributed by atoms with E-state index in [0.29, 0.717) is 17.9 Å². The van der Waals surface area contributed by atoms with Crippen LogP contribution >= 0.6 is 0 Å². The maximum Gasteiger partial charge on any atom is 0.325 e. The smallest absolute Gasteiger partial charge is 0.325 e. The summed E-state index contributed by atoms with van der Waals surface area (Å²) >= 11 is 0. The van der Waals surface area contributed by atoms with Gasteiger partial charge in [0.05, 0.1) is 13.5 Å². The third-order valence-corrected chi connectivity index (χ3v) is 3.16. The standard InChI is InChI=1S/C15H21NO5/c1-3-9-16(10-8-13(17)18)14(15(19)20)11-6-4-5-7-12(11)21-2/h4-7,14H,3,8-10H2,1-2H3,(H,17,18)(H,19,20). The fraction of sp³-hybridized carbons (Fsp3) is 0.467. The number of benzene rings is 1. The molecule has 0 saturated heterocycles. The first-order valence-electron chi connectivity index (χ1n) is 6.82. The summed E-state index contributed by atoms with van der Waals surface area (Å²) in [7, 11) is 1.49. The molecule has 1 rings (SSSR count). The first-order chi connectivity index (χ1) is 10.0. The molecule has 0 bridgehead atoms. The SMILES string of the molecule is CCCN(CCC(=O)O)C(C(=O)O)c1ccccc1OC. The third kappa shape index (κ3) is 4.75. The number of methoxy groups -OCH3 is 1. The van der Waals surface area contributed by atoms with Crippen molar-refractivity contribution in [3.8, 4) is 5.75 Å². The van der Waals surface area contributed by atoms with Gasteiger partial charge in [-0.05, 0) is 19.0 Å². The van der Waals surface area contributed by atoms with E-state index in [0.717, 1.165) is 6.42 Å². The van der Waals surface area contributed by atoms with E-state index in [4.69, 9.17) is 9.84 Å². The summed E-state index contributed by atoms with van der Waals surface area (Å²) < 4.78 is 5.22. The highest BCUT2D eigenvalue weighted by molar-refractivity contribution is 5.77. The summed E-state index contributed by atoms with van der Waals surface area (Å²) in [6.07, 6.45) is 0.636. The van der Waals surface area contributed by atoms with E-state index in [1.807, 2.05) is 6.92 Å². The highest BCUT2D eigenvalue weighted by Gasteiger charge is 2.29. The van der Waals surface area contributed by atoms with Gasteiger partial charge in [-0.3, -0.25) is 14.5 Å². The fourth-order valence-electron chi connectivity index (χ4n) is 2.27. The lowest BCUT2D eigenvalue weighted by molar-refractivity contribution is -0.145. The number of hydrogen-bond donors (Lipinski definition) is 2. The third-order valence-electron chi connectivity index (χ3n) is 3.16. The molecule has 0 spiro atoms. The van der Waals surface area contributed by atoms with Crippen LogP contribution in [0.25, 0.3) is 0 Å². The molecule has 6 heteroatoms. The van der Waals surface area contributed by atoms with Crippen molar-refractivity contribution in [3.63, 3.8) is 0 Å². The monoisotopic (exact) mass is 295 g/mol. The van der Waals surface area contributed by atoms with Crippen molar-refractivity contribution in [2.24, 2.45) is 0 Å². The second kappa shape index (κ2) is 8.26. The number of carboxylic acid groups (broad SMARTS) is 2. The number of ether oxygens (including phenoxy) is 1. The van der Waals surface area contributed by atoms with Crippen molar-refractivity contribution in [3.05, 3.63) is 29.8 Å². The number of carbonyl (C=O) groups is 2. The van der Waals surface area contributed by atoms with Crippen LogP contribution in [0.15, 0.2) is 24.3 Å². The summed E-state index contributed by atoms with van der Waals surface area (Å²) in [6, 6.07) is 5.99. The van der Waals surface area contributed by atoms with Crippen molar-refractivity contribution in [1.82, 2.24) is 4.90 Å². The van der Waals surface area contributed by atoms with Gasteiger partial charge in [0.15, 0.2) is 0 Å². The Hall–Kier alpha value is -2.08. The van der Waals surface area contributed by atoms with E-state index in [1.165, 1.54) is 7.11 Å². The minimum absolute atomic E-state index is 0.0983. The van der Waals surface area contributed by atoms with Crippen molar-refractivity contribution in [2.45, 2.75) is 25.8 Å². The Bertz CT molecular complexity index is 489. The van der Waals surface area contributed by atoms with Gasteiger partial charge in [-0.15, -0.1) is 0 Å². The molecule has 1 unspecified atom stereocenters. The van der Waals surface area contributed by atoms with E-state index in [2.05, 4.69) is 0 Å². The quantitative estimate of drug-likeness (QED) is 0.724. The lowest BCUT2D eigenvalue weighted by Crippen LogP contribution is -2.36. The van der Waals surface area contributed by atoms with E-state index in [-0.39, 0.29) is 13.0 Å². The zero-order valence-corrected chi connectivity index (χ0v) is 12.3. The number of aliphatic carboxylic acids is 2. The van der Waals surface area contributed by atoms with E-state index in [9.17, 15) is 14.7 Å². The molecule has 0 amide bonds. The van der Waals surface area contributed by atoms with Crippen LogP contribution in [0.2, 0.25) is 0 Å². The Kier molecular flexibility index (Phi) is 6.68. The lowest BCUT2D eigenvalue weighted by Gasteiger charge is -2.29. The van der Waals surface area contributed by atoms with Crippen molar-refractivity contribution < 1.29 is 24.5 Å². The minimum Gasteiger partial charge on any atom is -0.496 e. The number of hydrogen-bond acceptors (Lipinski definition) is 4. The average Bonchev–Trinajstić information content (AvgIpc) is 2.45. The van der Waals surface area contributed by atoms with Crippen molar-refractivity contribution in [2.75, 3.05) is 20.2 Å². The van der Waals surface area contributed by atoms with Gasteiger partial charge in [-0.1, -0.05) is 25.1 Å². The normalized spacial score (nSPS) is 12.1. The largest absolute Gasteiger partial charge is 0.496 e. The zero-order valence-electron chi connectivity index (χ0n) is 12.3. The molecule has 2 N–H and O–H groups in total. The molecule has 6 nitrogen and oxygen atoms in total. The van der Waals surface area contributed by atoms with E-state index < -0.39 is 18.0 Å². The first-order valence-corrected chi connectivity index (χ1v) is 6.82. The topological polar surface area (TPSA) is 87.1 Å². The Morgan fingerprint density at radius 2 is 1.90 bits per heavy atom. The molecule has 0 aromatic heterocycles. The van der Waals surface area contributed by atoms with Crippen LogP contribution in [-0.4, -0.2) is 47.3 Å². The highest BCUT2D eigenvalue weighted by atomic mass is 16.5. The predicted molar refractivity (Wildman–Crippen MR) is 77.5 cm³/mol. The maximum atomic E-state index is 11.7. The van der Waals surface area contributed by atoms with Crippen LogP contribution in [-0.2, 0) is 9.59 Å². The maximum absolute atomic E-state index is 11.7. The molecule has 0 fully saturated rings. The first kappa shape index (κ1) is 17.0. The molecule has 1 atom stereocenters. The minimum atomic E-state index is -1.02. The molecule has 0 aliphatic carbocycles. The van der Waals surface area contributed by atoms with Gasteiger partial charge in [0, 0.05) is 12.1 Å². The average molecular weight is 295 g/mol. The summed E-state index contributed by atoms with van der Waals surface area (Å²) in [4.78, 5) is 24.1. The Labute approximate surface area is 124 Å². The molecule has 0 radical (unpaired) electrons. The molecule has 0 saturated carbocycles. The summed E-state index contributed by atoms with van der Waals surface area (Å²) in [6.45, 7) is 2.61. The molecule has 21 heavy (non-hydrogen) atoms. The molecule has 116 valence electrons. The van der Waals surface area contributed by atoms with Gasteiger partial charge in [-0.2, -0.15) is 0 Å². The van der Waals surface area contributed by atoms with Gasteiger partial charge in [0.1, 0.15) is 11.8 Å². The van der Waals surface area contributed by atoms with Crippen LogP contribution in [0, 0.1) is 0 Å². The Morgan fingerprint density at radius 1 is 1.24 bits per heavy atom. The highest BCUT2D eigenvalue weighted by Crippen LogP contribution is 2.29. The van der Waals surface area contributed by atoms with E-state index >= 15 is 0 Å². The fourth-order valence-corrected chi connectivity index (χ4v) is 2.27. The van der Waals surface area contributed by atoms with Gasteiger partial charge >= 0.3 is 11.9 Å². The second-order valence-corrected chi connectivity index (χ2v) is 4.66. The van der Waals surface area contributed by atoms with Crippen molar-refractivity contribution >= 4 is 11.9 Å². The lowest BCUT2D eigenvalue weighted by atomic mass is 10.0. The van der Waals surface area contributed by atoms with Crippen LogP contribution in [0.1, 0.15) is 31.4 Å². The molecular weight excluding hydrogens is 274 g/mol. The number of rotatable bonds is 9. The van der Waals surface area contributed by atoms with Gasteiger partial charge in [0.2, 0.25) is 0 Å². The Morgan fingerprint density at radius 3 is 2.43 bits per heavy atom. The molecule has 1 aromatic carbocycles. The molecule has 0 aliphatic rings. The van der Waals surface area contributed by atoms with Gasteiger partial charge in [0.25, 0.3) is 0 Å². The zero-order chi connectivity index (χ0) is 15.8. The Balaban J connectivity index is 3.11. The summed E-state index contributed by atoms with van der Waals surface area (Å²) in [5.74, 6) is -1.47. The molecular formula is C15H21NO5. The van der Waals surface area contributed by atoms with Crippen LogP contribution in [0.5, 0.6) is 5.75 Å². The molecule has 0 aliphatic heterocycles. The number of carboxylic acids is 2. The van der Waals surface area contributed by atoms with Crippen LogP contribution in [0.4, 0.5) is 0 Å². The number of nitrogens with zero attached hydrogens (tertiary/aromatic N) is 1. The molecule has 0 heterocycles. The van der Waals surface area contributed by atoms with Crippen molar-refractivity contribution in [1.29, 1.82) is 0 Å². The van der Waals surface area contributed by atoms with Crippen LogP contribution < -0.4 is 4.74 Å². The predicted octanol–water partition coefficient (Wildman–Crippen LogP) is 2.01. The number of para-hydroxylation sites is 1. The second-order valence-electron chi connectivity index (χ2n) is 4.66. The molecule has 1 aromatic rings.